The number of rotatable bonds is 1. The molecule has 1 rings (SSSR count). The Morgan fingerprint density at radius 3 is 2.82 bits per heavy atom. The number of hydrogen-bond donors (Lipinski definition) is 0. The standard InChI is InChI=1S/C8H7BrS2/c1-11-8(10)6-3-2-4-7(9)5-6/h2-5H,1H3. The Morgan fingerprint density at radius 1 is 1.55 bits per heavy atom. The zero-order valence-electron chi connectivity index (χ0n) is 6.00. The van der Waals surface area contributed by atoms with E-state index < -0.39 is 0 Å². The lowest BCUT2D eigenvalue weighted by molar-refractivity contribution is 1.63. The van der Waals surface area contributed by atoms with Crippen molar-refractivity contribution < 1.29 is 0 Å². The van der Waals surface area contributed by atoms with Gasteiger partial charge in [-0.15, -0.1) is 11.8 Å². The van der Waals surface area contributed by atoms with Crippen molar-refractivity contribution in [2.45, 2.75) is 0 Å². The molecule has 0 amide bonds. The molecule has 1 aromatic rings. The molecule has 3 heteroatoms. The molecule has 0 nitrogen and oxygen atoms in total. The van der Waals surface area contributed by atoms with Gasteiger partial charge in [0, 0.05) is 10.0 Å². The van der Waals surface area contributed by atoms with Gasteiger partial charge >= 0.3 is 0 Å². The maximum absolute atomic E-state index is 5.12. The van der Waals surface area contributed by atoms with Gasteiger partial charge in [0.05, 0.1) is 4.20 Å². The van der Waals surface area contributed by atoms with Gasteiger partial charge in [0.15, 0.2) is 0 Å². The molecule has 58 valence electrons. The summed E-state index contributed by atoms with van der Waals surface area (Å²) in [6.07, 6.45) is 1.99. The van der Waals surface area contributed by atoms with Gasteiger partial charge < -0.3 is 0 Å². The third kappa shape index (κ3) is 2.58. The molecule has 0 atom stereocenters. The molecule has 0 bridgehead atoms. The average molecular weight is 247 g/mol. The van der Waals surface area contributed by atoms with Crippen LogP contribution in [0.1, 0.15) is 5.56 Å². The summed E-state index contributed by atoms with van der Waals surface area (Å²) in [6, 6.07) is 8.02. The average Bonchev–Trinajstić information content (AvgIpc) is 2.03. The number of hydrogen-bond acceptors (Lipinski definition) is 2. The third-order valence-corrected chi connectivity index (χ3v) is 3.08. The Bertz CT molecular complexity index is 271. The fourth-order valence-corrected chi connectivity index (χ4v) is 1.62. The summed E-state index contributed by atoms with van der Waals surface area (Å²) in [7, 11) is 0. The number of thiocarbonyl (C=S) groups is 1. The Hall–Kier alpha value is 0.140. The van der Waals surface area contributed by atoms with E-state index >= 15 is 0 Å². The minimum atomic E-state index is 0.936. The summed E-state index contributed by atoms with van der Waals surface area (Å²) in [6.45, 7) is 0. The van der Waals surface area contributed by atoms with E-state index in [9.17, 15) is 0 Å². The van der Waals surface area contributed by atoms with Crippen LogP contribution < -0.4 is 0 Å². The van der Waals surface area contributed by atoms with E-state index in [1.54, 1.807) is 11.8 Å². The lowest BCUT2D eigenvalue weighted by Gasteiger charge is -1.99. The molecule has 0 saturated heterocycles. The highest BCUT2D eigenvalue weighted by molar-refractivity contribution is 9.10. The summed E-state index contributed by atoms with van der Waals surface area (Å²) >= 11 is 10.1. The summed E-state index contributed by atoms with van der Waals surface area (Å²) in [5.74, 6) is 0. The van der Waals surface area contributed by atoms with Crippen LogP contribution in [-0.2, 0) is 0 Å². The summed E-state index contributed by atoms with van der Waals surface area (Å²) in [5, 5.41) is 0. The fourth-order valence-electron chi connectivity index (χ4n) is 0.733. The second-order valence-electron chi connectivity index (χ2n) is 2.00. The molecule has 0 spiro atoms. The predicted octanol–water partition coefficient (Wildman–Crippen LogP) is 3.49. The normalized spacial score (nSPS) is 9.64. The maximum Gasteiger partial charge on any atom is 0.0775 e. The molecule has 1 aromatic carbocycles. The van der Waals surface area contributed by atoms with Crippen molar-refractivity contribution in [3.8, 4) is 0 Å². The highest BCUT2D eigenvalue weighted by atomic mass is 79.9. The third-order valence-electron chi connectivity index (χ3n) is 1.25. The van der Waals surface area contributed by atoms with Gasteiger partial charge in [0.25, 0.3) is 0 Å². The van der Waals surface area contributed by atoms with Gasteiger partial charge in [-0.25, -0.2) is 0 Å². The van der Waals surface area contributed by atoms with Gasteiger partial charge in [-0.3, -0.25) is 0 Å². The topological polar surface area (TPSA) is 0 Å². The molecule has 0 unspecified atom stereocenters. The lowest BCUT2D eigenvalue weighted by Crippen LogP contribution is -1.88. The Labute approximate surface area is 84.5 Å². The van der Waals surface area contributed by atoms with Crippen molar-refractivity contribution in [3.63, 3.8) is 0 Å². The lowest BCUT2D eigenvalue weighted by atomic mass is 10.2. The van der Waals surface area contributed by atoms with Crippen molar-refractivity contribution in [2.24, 2.45) is 0 Å². The van der Waals surface area contributed by atoms with Gasteiger partial charge in [0.1, 0.15) is 0 Å². The second-order valence-corrected chi connectivity index (χ2v) is 4.40. The Kier molecular flexibility index (Phi) is 3.55. The van der Waals surface area contributed by atoms with Crippen molar-refractivity contribution in [1.29, 1.82) is 0 Å². The first-order chi connectivity index (χ1) is 5.24. The summed E-state index contributed by atoms with van der Waals surface area (Å²) in [4.78, 5) is 0. The largest absolute Gasteiger partial charge is 0.117 e. The molecule has 0 aliphatic carbocycles. The van der Waals surface area contributed by atoms with E-state index in [0.717, 1.165) is 14.2 Å². The first kappa shape index (κ1) is 9.23. The molecular weight excluding hydrogens is 240 g/mol. The van der Waals surface area contributed by atoms with Crippen LogP contribution >= 0.6 is 39.9 Å². The maximum atomic E-state index is 5.12. The molecule has 0 N–H and O–H groups in total. The van der Waals surface area contributed by atoms with E-state index in [4.69, 9.17) is 12.2 Å². The van der Waals surface area contributed by atoms with Crippen molar-refractivity contribution in [2.75, 3.05) is 6.26 Å². The van der Waals surface area contributed by atoms with Gasteiger partial charge in [-0.2, -0.15) is 0 Å². The van der Waals surface area contributed by atoms with Crippen LogP contribution in [0.5, 0.6) is 0 Å². The first-order valence-electron chi connectivity index (χ1n) is 3.08. The van der Waals surface area contributed by atoms with E-state index in [1.807, 2.05) is 30.5 Å². The predicted molar refractivity (Wildman–Crippen MR) is 59.4 cm³/mol. The van der Waals surface area contributed by atoms with E-state index in [2.05, 4.69) is 15.9 Å². The summed E-state index contributed by atoms with van der Waals surface area (Å²) in [5.41, 5.74) is 1.11. The minimum Gasteiger partial charge on any atom is -0.117 e. The van der Waals surface area contributed by atoms with Crippen molar-refractivity contribution >= 4 is 44.1 Å². The van der Waals surface area contributed by atoms with Crippen LogP contribution in [0.2, 0.25) is 0 Å². The smallest absolute Gasteiger partial charge is 0.0775 e. The highest BCUT2D eigenvalue weighted by Crippen LogP contribution is 2.16. The molecule has 0 heterocycles. The zero-order chi connectivity index (χ0) is 8.27. The highest BCUT2D eigenvalue weighted by Gasteiger charge is 1.97. The fraction of sp³-hybridized carbons (Fsp3) is 0.125. The first-order valence-corrected chi connectivity index (χ1v) is 5.50. The zero-order valence-corrected chi connectivity index (χ0v) is 9.22. The van der Waals surface area contributed by atoms with Crippen LogP contribution in [0.4, 0.5) is 0 Å². The minimum absolute atomic E-state index is 0.936. The van der Waals surface area contributed by atoms with Crippen molar-refractivity contribution in [1.82, 2.24) is 0 Å². The number of thioether (sulfide) groups is 1. The molecule has 11 heavy (non-hydrogen) atoms. The number of halogens is 1. The molecule has 0 aromatic heterocycles. The van der Waals surface area contributed by atoms with Crippen LogP contribution in [0.3, 0.4) is 0 Å². The van der Waals surface area contributed by atoms with Gasteiger partial charge in [0.2, 0.25) is 0 Å². The number of benzene rings is 1. The van der Waals surface area contributed by atoms with Crippen LogP contribution in [-0.4, -0.2) is 10.5 Å². The molecule has 0 saturated carbocycles. The van der Waals surface area contributed by atoms with E-state index in [0.29, 0.717) is 0 Å². The molecule has 0 aliphatic heterocycles. The van der Waals surface area contributed by atoms with E-state index in [1.165, 1.54) is 0 Å². The van der Waals surface area contributed by atoms with Crippen molar-refractivity contribution in [3.05, 3.63) is 34.3 Å². The van der Waals surface area contributed by atoms with Gasteiger partial charge in [-0.05, 0) is 18.4 Å². The van der Waals surface area contributed by atoms with Crippen LogP contribution in [0.25, 0.3) is 0 Å². The molecule has 0 aliphatic rings. The van der Waals surface area contributed by atoms with E-state index in [-0.39, 0.29) is 0 Å². The van der Waals surface area contributed by atoms with Crippen LogP contribution in [0, 0.1) is 0 Å². The monoisotopic (exact) mass is 246 g/mol. The SMILES string of the molecule is CSC(=S)c1cccc(Br)c1. The second kappa shape index (κ2) is 4.24. The summed E-state index contributed by atoms with van der Waals surface area (Å²) < 4.78 is 2.01. The molecular formula is C8H7BrS2. The molecule has 0 fully saturated rings. The van der Waals surface area contributed by atoms with Gasteiger partial charge in [-0.1, -0.05) is 40.3 Å². The Balaban J connectivity index is 2.96. The quantitative estimate of drug-likeness (QED) is 0.697. The van der Waals surface area contributed by atoms with Crippen LogP contribution in [0.15, 0.2) is 28.7 Å². The Morgan fingerprint density at radius 2 is 2.27 bits per heavy atom. The molecule has 0 radical (unpaired) electrons.